The molecule has 0 aromatic heterocycles. The number of nitrogens with one attached hydrogen (secondary N) is 1. The van der Waals surface area contributed by atoms with Crippen molar-refractivity contribution in [3.05, 3.63) is 0 Å². The van der Waals surface area contributed by atoms with Gasteiger partial charge in [-0.3, -0.25) is 0 Å². The van der Waals surface area contributed by atoms with Crippen molar-refractivity contribution in [2.24, 2.45) is 17.1 Å². The molecule has 3 heteroatoms. The van der Waals surface area contributed by atoms with Gasteiger partial charge in [0.05, 0.1) is 5.60 Å². The van der Waals surface area contributed by atoms with Crippen molar-refractivity contribution in [3.8, 4) is 0 Å². The van der Waals surface area contributed by atoms with Gasteiger partial charge in [0.25, 0.3) is 0 Å². The molecular formula is C16H32N2O. The van der Waals surface area contributed by atoms with Crippen molar-refractivity contribution in [1.29, 1.82) is 0 Å². The Morgan fingerprint density at radius 3 is 2.37 bits per heavy atom. The molecule has 0 amide bonds. The van der Waals surface area contributed by atoms with Crippen LogP contribution in [0.4, 0.5) is 0 Å². The van der Waals surface area contributed by atoms with E-state index in [-0.39, 0.29) is 0 Å². The van der Waals surface area contributed by atoms with Crippen LogP contribution in [0.3, 0.4) is 0 Å². The molecule has 0 radical (unpaired) electrons. The van der Waals surface area contributed by atoms with E-state index in [0.29, 0.717) is 17.4 Å². The third kappa shape index (κ3) is 4.17. The number of hydrogen-bond acceptors (Lipinski definition) is 3. The minimum atomic E-state index is -0.480. The number of hydrogen-bond donors (Lipinski definition) is 3. The molecular weight excluding hydrogens is 236 g/mol. The molecule has 2 aliphatic rings. The first-order valence-electron chi connectivity index (χ1n) is 8.10. The Labute approximate surface area is 118 Å². The Morgan fingerprint density at radius 1 is 1.11 bits per heavy atom. The van der Waals surface area contributed by atoms with Gasteiger partial charge < -0.3 is 16.2 Å². The highest BCUT2D eigenvalue weighted by Crippen LogP contribution is 2.40. The molecule has 19 heavy (non-hydrogen) atoms. The number of rotatable bonds is 4. The zero-order chi connectivity index (χ0) is 13.9. The Morgan fingerprint density at radius 2 is 1.74 bits per heavy atom. The zero-order valence-corrected chi connectivity index (χ0v) is 12.8. The summed E-state index contributed by atoms with van der Waals surface area (Å²) in [6, 6.07) is 0.526. The van der Waals surface area contributed by atoms with E-state index >= 15 is 0 Å². The lowest BCUT2D eigenvalue weighted by atomic mass is 9.71. The van der Waals surface area contributed by atoms with Crippen LogP contribution in [-0.4, -0.2) is 29.8 Å². The molecule has 0 bridgehead atoms. The highest BCUT2D eigenvalue weighted by molar-refractivity contribution is 4.92. The Balaban J connectivity index is 1.81. The van der Waals surface area contributed by atoms with E-state index in [1.165, 1.54) is 25.7 Å². The van der Waals surface area contributed by atoms with Crippen molar-refractivity contribution >= 4 is 0 Å². The molecule has 0 heterocycles. The number of nitrogens with two attached hydrogens (primary N) is 1. The Bertz CT molecular complexity index is 280. The van der Waals surface area contributed by atoms with Crippen LogP contribution in [0, 0.1) is 11.3 Å². The SMILES string of the molecule is CC1(C)CCC(O)(CNC2CCCCC2CN)CC1. The third-order valence-electron chi connectivity index (χ3n) is 5.44. The normalized spacial score (nSPS) is 34.1. The van der Waals surface area contributed by atoms with Gasteiger partial charge >= 0.3 is 0 Å². The average Bonchev–Trinajstić information content (AvgIpc) is 2.41. The topological polar surface area (TPSA) is 58.3 Å². The minimum Gasteiger partial charge on any atom is -0.389 e. The predicted molar refractivity (Wildman–Crippen MR) is 80.0 cm³/mol. The summed E-state index contributed by atoms with van der Waals surface area (Å²) >= 11 is 0. The maximum Gasteiger partial charge on any atom is 0.0772 e. The molecule has 112 valence electrons. The summed E-state index contributed by atoms with van der Waals surface area (Å²) < 4.78 is 0. The summed E-state index contributed by atoms with van der Waals surface area (Å²) in [4.78, 5) is 0. The van der Waals surface area contributed by atoms with Gasteiger partial charge in [-0.15, -0.1) is 0 Å². The van der Waals surface area contributed by atoms with Gasteiger partial charge in [0.15, 0.2) is 0 Å². The molecule has 0 aliphatic heterocycles. The van der Waals surface area contributed by atoms with Gasteiger partial charge in [-0.2, -0.15) is 0 Å². The molecule has 0 aromatic carbocycles. The van der Waals surface area contributed by atoms with Crippen LogP contribution in [0.15, 0.2) is 0 Å². The standard InChI is InChI=1S/C16H32N2O/c1-15(2)7-9-16(19,10-8-15)12-18-14-6-4-3-5-13(14)11-17/h13-14,18-19H,3-12,17H2,1-2H3. The van der Waals surface area contributed by atoms with E-state index in [0.717, 1.165) is 38.8 Å². The molecule has 3 nitrogen and oxygen atoms in total. The fraction of sp³-hybridized carbons (Fsp3) is 1.00. The summed E-state index contributed by atoms with van der Waals surface area (Å²) in [5.41, 5.74) is 5.80. The van der Waals surface area contributed by atoms with E-state index in [4.69, 9.17) is 5.73 Å². The van der Waals surface area contributed by atoms with Crippen LogP contribution in [0.2, 0.25) is 0 Å². The van der Waals surface area contributed by atoms with Gasteiger partial charge in [-0.25, -0.2) is 0 Å². The van der Waals surface area contributed by atoms with Gasteiger partial charge in [-0.05, 0) is 56.4 Å². The summed E-state index contributed by atoms with van der Waals surface area (Å²) in [5, 5.41) is 14.3. The summed E-state index contributed by atoms with van der Waals surface area (Å²) in [6.45, 7) is 6.16. The quantitative estimate of drug-likeness (QED) is 0.734. The van der Waals surface area contributed by atoms with Crippen LogP contribution in [0.25, 0.3) is 0 Å². The monoisotopic (exact) mass is 268 g/mol. The summed E-state index contributed by atoms with van der Waals surface area (Å²) in [7, 11) is 0. The molecule has 2 fully saturated rings. The smallest absolute Gasteiger partial charge is 0.0772 e. The first-order valence-corrected chi connectivity index (χ1v) is 8.10. The van der Waals surface area contributed by atoms with Crippen LogP contribution in [0.5, 0.6) is 0 Å². The van der Waals surface area contributed by atoms with Gasteiger partial charge in [0, 0.05) is 12.6 Å². The van der Waals surface area contributed by atoms with Crippen molar-refractivity contribution in [2.75, 3.05) is 13.1 Å². The van der Waals surface area contributed by atoms with E-state index in [2.05, 4.69) is 19.2 Å². The molecule has 4 N–H and O–H groups in total. The summed E-state index contributed by atoms with van der Waals surface area (Å²) in [5.74, 6) is 0.609. The fourth-order valence-corrected chi connectivity index (χ4v) is 3.65. The molecule has 2 aliphatic carbocycles. The highest BCUT2D eigenvalue weighted by atomic mass is 16.3. The molecule has 2 saturated carbocycles. The summed E-state index contributed by atoms with van der Waals surface area (Å²) in [6.07, 6.45) is 9.24. The van der Waals surface area contributed by atoms with Crippen molar-refractivity contribution < 1.29 is 5.11 Å². The van der Waals surface area contributed by atoms with Crippen LogP contribution >= 0.6 is 0 Å². The lowest BCUT2D eigenvalue weighted by molar-refractivity contribution is -0.0280. The Kier molecular flexibility index (Phi) is 4.91. The maximum absolute atomic E-state index is 10.7. The molecule has 2 rings (SSSR count). The van der Waals surface area contributed by atoms with Crippen molar-refractivity contribution in [1.82, 2.24) is 5.32 Å². The predicted octanol–water partition coefficient (Wildman–Crippen LogP) is 2.42. The van der Waals surface area contributed by atoms with Crippen LogP contribution in [-0.2, 0) is 0 Å². The number of aliphatic hydroxyl groups is 1. The molecule has 2 unspecified atom stereocenters. The van der Waals surface area contributed by atoms with Crippen molar-refractivity contribution in [2.45, 2.75) is 76.9 Å². The van der Waals surface area contributed by atoms with Crippen LogP contribution in [0.1, 0.15) is 65.2 Å². The molecule has 0 spiro atoms. The van der Waals surface area contributed by atoms with Gasteiger partial charge in [0.1, 0.15) is 0 Å². The first kappa shape index (κ1) is 15.3. The third-order valence-corrected chi connectivity index (χ3v) is 5.44. The van der Waals surface area contributed by atoms with Gasteiger partial charge in [-0.1, -0.05) is 26.7 Å². The van der Waals surface area contributed by atoms with E-state index in [1.54, 1.807) is 0 Å². The highest BCUT2D eigenvalue weighted by Gasteiger charge is 2.37. The van der Waals surface area contributed by atoms with E-state index < -0.39 is 5.60 Å². The lowest BCUT2D eigenvalue weighted by Gasteiger charge is -2.42. The maximum atomic E-state index is 10.7. The molecule has 0 aromatic rings. The van der Waals surface area contributed by atoms with Gasteiger partial charge in [0.2, 0.25) is 0 Å². The second-order valence-corrected chi connectivity index (χ2v) is 7.66. The molecule has 2 atom stereocenters. The zero-order valence-electron chi connectivity index (χ0n) is 12.8. The van der Waals surface area contributed by atoms with Crippen LogP contribution < -0.4 is 11.1 Å². The Hall–Kier alpha value is -0.120. The van der Waals surface area contributed by atoms with Crippen molar-refractivity contribution in [3.63, 3.8) is 0 Å². The minimum absolute atomic E-state index is 0.414. The second-order valence-electron chi connectivity index (χ2n) is 7.66. The van der Waals surface area contributed by atoms with E-state index in [9.17, 15) is 5.11 Å². The van der Waals surface area contributed by atoms with E-state index in [1.807, 2.05) is 0 Å². The first-order chi connectivity index (χ1) is 8.94. The largest absolute Gasteiger partial charge is 0.389 e. The second kappa shape index (κ2) is 6.11. The average molecular weight is 268 g/mol. The lowest BCUT2D eigenvalue weighted by Crippen LogP contribution is -2.51. The molecule has 0 saturated heterocycles. The fourth-order valence-electron chi connectivity index (χ4n) is 3.65.